The Hall–Kier alpha value is -4.19. The van der Waals surface area contributed by atoms with Gasteiger partial charge in [0.25, 0.3) is 0 Å². The molecule has 0 saturated heterocycles. The largest absolute Gasteiger partial charge is 0.462 e. The van der Waals surface area contributed by atoms with Crippen molar-refractivity contribution in [3.05, 3.63) is 122 Å². The molecular formula is C66H108O6. The number of rotatable bonds is 52. The number of ether oxygens (including phenoxy) is 3. The van der Waals surface area contributed by atoms with Crippen molar-refractivity contribution in [1.82, 2.24) is 0 Å². The van der Waals surface area contributed by atoms with Crippen LogP contribution in [-0.2, 0) is 28.6 Å². The van der Waals surface area contributed by atoms with Crippen LogP contribution in [0.3, 0.4) is 0 Å². The summed E-state index contributed by atoms with van der Waals surface area (Å²) in [4.78, 5) is 38.1. The van der Waals surface area contributed by atoms with Crippen LogP contribution in [0.4, 0.5) is 0 Å². The van der Waals surface area contributed by atoms with Gasteiger partial charge in [-0.25, -0.2) is 0 Å². The lowest BCUT2D eigenvalue weighted by molar-refractivity contribution is -0.167. The molecule has 0 fully saturated rings. The SMILES string of the molecule is CC/C=C\C/C=C\C/C=C\C/C=C\C/C=C\C/C=C\C/C=C\CCCC(=O)OCC(COC(=O)CCCCCCCCCCCC)OC(=O)CCCCCCCC/C=C\C/C=C\C/C=C\CCCCCCC. The van der Waals surface area contributed by atoms with Gasteiger partial charge in [0.2, 0.25) is 0 Å². The molecule has 0 aromatic heterocycles. The van der Waals surface area contributed by atoms with Crippen LogP contribution in [0, 0.1) is 0 Å². The molecule has 0 aliphatic heterocycles. The number of esters is 3. The molecule has 0 N–H and O–H groups in total. The molecule has 0 aliphatic rings. The maximum atomic E-state index is 12.9. The van der Waals surface area contributed by atoms with Crippen molar-refractivity contribution in [2.75, 3.05) is 13.2 Å². The molecule has 0 aliphatic carbocycles. The molecule has 0 aromatic rings. The fraction of sp³-hybridized carbons (Fsp3) is 0.652. The molecule has 1 atom stereocenters. The monoisotopic (exact) mass is 997 g/mol. The molecule has 0 heterocycles. The number of hydrogen-bond acceptors (Lipinski definition) is 6. The molecule has 6 nitrogen and oxygen atoms in total. The van der Waals surface area contributed by atoms with E-state index in [1.54, 1.807) is 0 Å². The van der Waals surface area contributed by atoms with Crippen LogP contribution >= 0.6 is 0 Å². The van der Waals surface area contributed by atoms with E-state index in [2.05, 4.69) is 142 Å². The average molecular weight is 998 g/mol. The van der Waals surface area contributed by atoms with Gasteiger partial charge in [0.15, 0.2) is 6.10 Å². The second-order valence-electron chi connectivity index (χ2n) is 19.2. The lowest BCUT2D eigenvalue weighted by Gasteiger charge is -2.18. The van der Waals surface area contributed by atoms with Gasteiger partial charge in [-0.15, -0.1) is 0 Å². The summed E-state index contributed by atoms with van der Waals surface area (Å²) in [5.41, 5.74) is 0. The van der Waals surface area contributed by atoms with E-state index in [1.165, 1.54) is 96.3 Å². The summed E-state index contributed by atoms with van der Waals surface area (Å²) in [6.45, 7) is 6.44. The van der Waals surface area contributed by atoms with Crippen LogP contribution in [0.5, 0.6) is 0 Å². The minimum Gasteiger partial charge on any atom is -0.462 e. The molecule has 0 saturated carbocycles. The maximum absolute atomic E-state index is 12.9. The first-order valence-electron chi connectivity index (χ1n) is 29.5. The Bertz CT molecular complexity index is 1520. The minimum atomic E-state index is -0.810. The molecule has 72 heavy (non-hydrogen) atoms. The van der Waals surface area contributed by atoms with Crippen molar-refractivity contribution in [3.63, 3.8) is 0 Å². The summed E-state index contributed by atoms with van der Waals surface area (Å²) in [5, 5.41) is 0. The maximum Gasteiger partial charge on any atom is 0.306 e. The smallest absolute Gasteiger partial charge is 0.306 e. The number of carbonyl (C=O) groups excluding carboxylic acids is 3. The van der Waals surface area contributed by atoms with E-state index in [9.17, 15) is 14.4 Å². The number of hydrogen-bond donors (Lipinski definition) is 0. The molecule has 408 valence electrons. The topological polar surface area (TPSA) is 78.9 Å². The summed E-state index contributed by atoms with van der Waals surface area (Å²) in [6, 6.07) is 0. The number of unbranched alkanes of at least 4 members (excludes halogenated alkanes) is 21. The Balaban J connectivity index is 4.45. The zero-order chi connectivity index (χ0) is 52.2. The Kier molecular flexibility index (Phi) is 55.9. The van der Waals surface area contributed by atoms with E-state index in [4.69, 9.17) is 14.2 Å². The van der Waals surface area contributed by atoms with Crippen molar-refractivity contribution in [2.24, 2.45) is 0 Å². The molecule has 0 rings (SSSR count). The Morgan fingerprint density at radius 2 is 0.556 bits per heavy atom. The highest BCUT2D eigenvalue weighted by Gasteiger charge is 2.19. The molecule has 0 bridgehead atoms. The average Bonchev–Trinajstić information content (AvgIpc) is 3.38. The predicted molar refractivity (Wildman–Crippen MR) is 311 cm³/mol. The van der Waals surface area contributed by atoms with Gasteiger partial charge in [-0.3, -0.25) is 14.4 Å². The fourth-order valence-corrected chi connectivity index (χ4v) is 7.79. The predicted octanol–water partition coefficient (Wildman–Crippen LogP) is 20.0. The van der Waals surface area contributed by atoms with Crippen LogP contribution in [0.25, 0.3) is 0 Å². The molecule has 0 amide bonds. The first kappa shape index (κ1) is 67.8. The highest BCUT2D eigenvalue weighted by atomic mass is 16.6. The van der Waals surface area contributed by atoms with E-state index in [0.717, 1.165) is 116 Å². The highest BCUT2D eigenvalue weighted by Crippen LogP contribution is 2.14. The molecule has 0 aromatic carbocycles. The van der Waals surface area contributed by atoms with Gasteiger partial charge < -0.3 is 14.2 Å². The standard InChI is InChI=1S/C66H108O6/c1-4-7-10-13-16-19-22-24-26-28-30-32-33-35-36-38-40-42-44-47-50-53-56-59-65(68)71-62-63(61-70-64(67)58-55-52-49-46-21-18-15-12-9-6-3)72-66(69)60-57-54-51-48-45-43-41-39-37-34-31-29-27-25-23-20-17-14-11-8-5-2/h7,10,16,19,23-26,29-32,35-37,39-40,42,47,50,63H,4-6,8-9,11-15,17-18,20-22,27-28,33-34,38,41,43-46,48-49,51-62H2,1-3H3/b10-7-,19-16-,25-23-,26-24-,31-29-,32-30-,36-35-,39-37-,42-40-,50-47-. The van der Waals surface area contributed by atoms with Crippen LogP contribution in [0.15, 0.2) is 122 Å². The molecule has 1 unspecified atom stereocenters. The van der Waals surface area contributed by atoms with E-state index < -0.39 is 6.10 Å². The van der Waals surface area contributed by atoms with E-state index >= 15 is 0 Å². The van der Waals surface area contributed by atoms with Crippen molar-refractivity contribution in [2.45, 2.75) is 264 Å². The number of carbonyl (C=O) groups is 3. The first-order chi connectivity index (χ1) is 35.5. The van der Waals surface area contributed by atoms with Crippen LogP contribution in [-0.4, -0.2) is 37.2 Å². The van der Waals surface area contributed by atoms with Gasteiger partial charge in [0, 0.05) is 19.3 Å². The van der Waals surface area contributed by atoms with E-state index in [1.807, 2.05) is 0 Å². The molecule has 0 spiro atoms. The van der Waals surface area contributed by atoms with Gasteiger partial charge >= 0.3 is 17.9 Å². The van der Waals surface area contributed by atoms with Gasteiger partial charge in [0.05, 0.1) is 0 Å². The normalized spacial score (nSPS) is 13.0. The second kappa shape index (κ2) is 59.4. The summed E-state index contributed by atoms with van der Waals surface area (Å²) >= 11 is 0. The Morgan fingerprint density at radius 1 is 0.292 bits per heavy atom. The summed E-state index contributed by atoms with van der Waals surface area (Å²) in [7, 11) is 0. The van der Waals surface area contributed by atoms with Crippen LogP contribution < -0.4 is 0 Å². The minimum absolute atomic E-state index is 0.103. The van der Waals surface area contributed by atoms with Gasteiger partial charge in [-0.1, -0.05) is 251 Å². The van der Waals surface area contributed by atoms with Crippen molar-refractivity contribution in [1.29, 1.82) is 0 Å². The van der Waals surface area contributed by atoms with Gasteiger partial charge in [0.1, 0.15) is 13.2 Å². The zero-order valence-corrected chi connectivity index (χ0v) is 46.7. The van der Waals surface area contributed by atoms with Crippen molar-refractivity contribution >= 4 is 17.9 Å². The number of allylic oxidation sites excluding steroid dienone is 20. The van der Waals surface area contributed by atoms with Gasteiger partial charge in [-0.2, -0.15) is 0 Å². The second-order valence-corrected chi connectivity index (χ2v) is 19.2. The lowest BCUT2D eigenvalue weighted by Crippen LogP contribution is -2.30. The van der Waals surface area contributed by atoms with Crippen molar-refractivity contribution < 1.29 is 28.6 Å². The third-order valence-electron chi connectivity index (χ3n) is 12.2. The summed E-state index contributed by atoms with van der Waals surface area (Å²) < 4.78 is 16.8. The van der Waals surface area contributed by atoms with Crippen LogP contribution in [0.1, 0.15) is 258 Å². The molecule has 6 heteroatoms. The summed E-state index contributed by atoms with van der Waals surface area (Å²) in [6.07, 6.45) is 82.0. The third kappa shape index (κ3) is 56.7. The summed E-state index contributed by atoms with van der Waals surface area (Å²) in [5.74, 6) is -0.980. The quantitative estimate of drug-likeness (QED) is 0.0261. The van der Waals surface area contributed by atoms with Gasteiger partial charge in [-0.05, 0) is 109 Å². The zero-order valence-electron chi connectivity index (χ0n) is 46.7. The van der Waals surface area contributed by atoms with E-state index in [-0.39, 0.29) is 37.5 Å². The highest BCUT2D eigenvalue weighted by molar-refractivity contribution is 5.71. The fourth-order valence-electron chi connectivity index (χ4n) is 7.79. The first-order valence-corrected chi connectivity index (χ1v) is 29.5. The molecular weight excluding hydrogens is 889 g/mol. The Labute approximate surface area is 443 Å². The Morgan fingerprint density at radius 3 is 0.903 bits per heavy atom. The molecule has 0 radical (unpaired) electrons. The van der Waals surface area contributed by atoms with E-state index in [0.29, 0.717) is 19.3 Å². The van der Waals surface area contributed by atoms with Crippen LogP contribution in [0.2, 0.25) is 0 Å². The lowest BCUT2D eigenvalue weighted by atomic mass is 10.1. The van der Waals surface area contributed by atoms with Crippen molar-refractivity contribution in [3.8, 4) is 0 Å². The third-order valence-corrected chi connectivity index (χ3v) is 12.2.